The molecule has 5 heteroatoms. The highest BCUT2D eigenvalue weighted by atomic mass is 35.5. The first-order chi connectivity index (χ1) is 9.65. The van der Waals surface area contributed by atoms with Gasteiger partial charge in [0.15, 0.2) is 0 Å². The standard InChI is InChI=1S/C15H20ClN3O/c1-4-5-8-17-15-18-11(2)10-19(15)12-6-7-13(16)14(9-12)20-3/h6-7,9-10H,4-5,8H2,1-3H3,(H,17,18). The van der Waals surface area contributed by atoms with Crippen LogP contribution in [0, 0.1) is 6.92 Å². The van der Waals surface area contributed by atoms with Crippen LogP contribution in [0.5, 0.6) is 5.75 Å². The van der Waals surface area contributed by atoms with Gasteiger partial charge in [0.2, 0.25) is 5.95 Å². The summed E-state index contributed by atoms with van der Waals surface area (Å²) in [7, 11) is 1.62. The molecule has 1 aromatic carbocycles. The maximum atomic E-state index is 6.07. The zero-order valence-corrected chi connectivity index (χ0v) is 12.9. The number of rotatable bonds is 6. The van der Waals surface area contributed by atoms with Gasteiger partial charge in [-0.25, -0.2) is 4.98 Å². The Hall–Kier alpha value is -1.68. The number of nitrogens with zero attached hydrogens (tertiary/aromatic N) is 2. The molecule has 0 aliphatic heterocycles. The lowest BCUT2D eigenvalue weighted by molar-refractivity contribution is 0.415. The molecule has 0 spiro atoms. The first kappa shape index (κ1) is 14.7. The van der Waals surface area contributed by atoms with E-state index in [1.807, 2.05) is 35.9 Å². The van der Waals surface area contributed by atoms with Crippen LogP contribution in [0.25, 0.3) is 5.69 Å². The molecular formula is C15H20ClN3O. The van der Waals surface area contributed by atoms with E-state index in [2.05, 4.69) is 17.2 Å². The van der Waals surface area contributed by atoms with E-state index in [0.717, 1.165) is 36.7 Å². The van der Waals surface area contributed by atoms with Crippen molar-refractivity contribution in [3.8, 4) is 11.4 Å². The van der Waals surface area contributed by atoms with Crippen molar-refractivity contribution < 1.29 is 4.74 Å². The highest BCUT2D eigenvalue weighted by Crippen LogP contribution is 2.28. The van der Waals surface area contributed by atoms with Crippen LogP contribution in [0.1, 0.15) is 25.5 Å². The number of nitrogens with one attached hydrogen (secondary N) is 1. The van der Waals surface area contributed by atoms with E-state index in [4.69, 9.17) is 16.3 Å². The van der Waals surface area contributed by atoms with Crippen LogP contribution in [0.15, 0.2) is 24.4 Å². The molecule has 0 saturated heterocycles. The Kier molecular flexibility index (Phi) is 4.90. The summed E-state index contributed by atoms with van der Waals surface area (Å²) in [5.74, 6) is 1.51. The summed E-state index contributed by atoms with van der Waals surface area (Å²) in [6.45, 7) is 5.07. The van der Waals surface area contributed by atoms with Crippen LogP contribution >= 0.6 is 11.6 Å². The number of hydrogen-bond donors (Lipinski definition) is 1. The zero-order valence-electron chi connectivity index (χ0n) is 12.1. The largest absolute Gasteiger partial charge is 0.495 e. The zero-order chi connectivity index (χ0) is 14.5. The van der Waals surface area contributed by atoms with Gasteiger partial charge in [-0.3, -0.25) is 4.57 Å². The van der Waals surface area contributed by atoms with E-state index in [0.29, 0.717) is 10.8 Å². The molecule has 0 bridgehead atoms. The molecule has 2 rings (SSSR count). The van der Waals surface area contributed by atoms with Gasteiger partial charge in [-0.2, -0.15) is 0 Å². The van der Waals surface area contributed by atoms with Crippen molar-refractivity contribution >= 4 is 17.5 Å². The molecule has 4 nitrogen and oxygen atoms in total. The van der Waals surface area contributed by atoms with E-state index < -0.39 is 0 Å². The Morgan fingerprint density at radius 3 is 2.90 bits per heavy atom. The first-order valence-electron chi connectivity index (χ1n) is 6.79. The van der Waals surface area contributed by atoms with Crippen molar-refractivity contribution in [1.82, 2.24) is 9.55 Å². The van der Waals surface area contributed by atoms with E-state index in [1.165, 1.54) is 0 Å². The Bertz CT molecular complexity index is 580. The quantitative estimate of drug-likeness (QED) is 0.817. The molecule has 20 heavy (non-hydrogen) atoms. The van der Waals surface area contributed by atoms with E-state index in [1.54, 1.807) is 7.11 Å². The summed E-state index contributed by atoms with van der Waals surface area (Å²) in [4.78, 5) is 4.51. The summed E-state index contributed by atoms with van der Waals surface area (Å²) in [6, 6.07) is 5.70. The first-order valence-corrected chi connectivity index (χ1v) is 7.17. The summed E-state index contributed by atoms with van der Waals surface area (Å²) in [5.41, 5.74) is 1.95. The minimum atomic E-state index is 0.605. The van der Waals surface area contributed by atoms with Crippen LogP contribution in [-0.4, -0.2) is 23.2 Å². The highest BCUT2D eigenvalue weighted by Gasteiger charge is 2.09. The molecule has 0 saturated carbocycles. The maximum absolute atomic E-state index is 6.07. The van der Waals surface area contributed by atoms with E-state index in [-0.39, 0.29) is 0 Å². The number of anilines is 1. The fraction of sp³-hybridized carbons (Fsp3) is 0.400. The lowest BCUT2D eigenvalue weighted by Gasteiger charge is -2.11. The predicted octanol–water partition coefficient (Wildman–Crippen LogP) is 4.05. The number of unbranched alkanes of at least 4 members (excludes halogenated alkanes) is 1. The number of methoxy groups -OCH3 is 1. The topological polar surface area (TPSA) is 39.1 Å². The molecule has 1 aromatic heterocycles. The maximum Gasteiger partial charge on any atom is 0.207 e. The van der Waals surface area contributed by atoms with Crippen molar-refractivity contribution in [2.24, 2.45) is 0 Å². The molecule has 108 valence electrons. The van der Waals surface area contributed by atoms with Gasteiger partial charge in [0.1, 0.15) is 5.75 Å². The molecule has 0 unspecified atom stereocenters. The molecule has 0 fully saturated rings. The minimum Gasteiger partial charge on any atom is -0.495 e. The summed E-state index contributed by atoms with van der Waals surface area (Å²) in [5, 5.41) is 3.97. The van der Waals surface area contributed by atoms with Gasteiger partial charge in [-0.05, 0) is 25.5 Å². The summed E-state index contributed by atoms with van der Waals surface area (Å²) < 4.78 is 7.28. The molecule has 0 atom stereocenters. The molecule has 0 radical (unpaired) electrons. The third-order valence-electron chi connectivity index (χ3n) is 3.05. The fourth-order valence-corrected chi connectivity index (χ4v) is 2.19. The molecule has 2 aromatic rings. The van der Waals surface area contributed by atoms with E-state index in [9.17, 15) is 0 Å². The number of hydrogen-bond acceptors (Lipinski definition) is 3. The van der Waals surface area contributed by atoms with Crippen molar-refractivity contribution in [1.29, 1.82) is 0 Å². The smallest absolute Gasteiger partial charge is 0.207 e. The summed E-state index contributed by atoms with van der Waals surface area (Å²) in [6.07, 6.45) is 4.27. The van der Waals surface area contributed by atoms with Gasteiger partial charge in [0.25, 0.3) is 0 Å². The van der Waals surface area contributed by atoms with Crippen molar-refractivity contribution in [2.45, 2.75) is 26.7 Å². The van der Waals surface area contributed by atoms with Crippen LogP contribution in [0.4, 0.5) is 5.95 Å². The van der Waals surface area contributed by atoms with Gasteiger partial charge in [0, 0.05) is 18.8 Å². The molecule has 1 heterocycles. The molecule has 1 N–H and O–H groups in total. The van der Waals surface area contributed by atoms with Gasteiger partial charge < -0.3 is 10.1 Å². The second-order valence-electron chi connectivity index (χ2n) is 4.68. The van der Waals surface area contributed by atoms with Gasteiger partial charge >= 0.3 is 0 Å². The van der Waals surface area contributed by atoms with Gasteiger partial charge in [-0.15, -0.1) is 0 Å². The van der Waals surface area contributed by atoms with E-state index >= 15 is 0 Å². The van der Waals surface area contributed by atoms with Crippen LogP contribution in [0.2, 0.25) is 5.02 Å². The second-order valence-corrected chi connectivity index (χ2v) is 5.08. The molecule has 0 aliphatic rings. The van der Waals surface area contributed by atoms with Crippen molar-refractivity contribution in [3.63, 3.8) is 0 Å². The van der Waals surface area contributed by atoms with Crippen LogP contribution in [-0.2, 0) is 0 Å². The number of aryl methyl sites for hydroxylation is 1. The Labute approximate surface area is 124 Å². The Morgan fingerprint density at radius 1 is 1.40 bits per heavy atom. The summed E-state index contributed by atoms with van der Waals surface area (Å²) >= 11 is 6.07. The SMILES string of the molecule is CCCCNc1nc(C)cn1-c1ccc(Cl)c(OC)c1. The number of benzene rings is 1. The van der Waals surface area contributed by atoms with Gasteiger partial charge in [0.05, 0.1) is 23.5 Å². The lowest BCUT2D eigenvalue weighted by atomic mass is 10.3. The average molecular weight is 294 g/mol. The highest BCUT2D eigenvalue weighted by molar-refractivity contribution is 6.32. The number of ether oxygens (including phenoxy) is 1. The van der Waals surface area contributed by atoms with Crippen LogP contribution < -0.4 is 10.1 Å². The Morgan fingerprint density at radius 2 is 2.20 bits per heavy atom. The van der Waals surface area contributed by atoms with Crippen LogP contribution in [0.3, 0.4) is 0 Å². The lowest BCUT2D eigenvalue weighted by Crippen LogP contribution is -2.07. The average Bonchev–Trinajstić information content (AvgIpc) is 2.81. The number of aromatic nitrogens is 2. The van der Waals surface area contributed by atoms with Crippen molar-refractivity contribution in [2.75, 3.05) is 19.0 Å². The number of halogens is 1. The normalized spacial score (nSPS) is 10.6. The predicted molar refractivity (Wildman–Crippen MR) is 83.3 cm³/mol. The molecule has 0 aliphatic carbocycles. The molecule has 0 amide bonds. The minimum absolute atomic E-state index is 0.605. The Balaban J connectivity index is 2.31. The fourth-order valence-electron chi connectivity index (χ4n) is 1.99. The molecular weight excluding hydrogens is 274 g/mol. The monoisotopic (exact) mass is 293 g/mol. The van der Waals surface area contributed by atoms with Gasteiger partial charge in [-0.1, -0.05) is 24.9 Å². The number of imidazole rings is 1. The second kappa shape index (κ2) is 6.66. The third-order valence-corrected chi connectivity index (χ3v) is 3.36. The van der Waals surface area contributed by atoms with Crippen molar-refractivity contribution in [3.05, 3.63) is 35.1 Å². The third kappa shape index (κ3) is 3.25.